The van der Waals surface area contributed by atoms with Crippen molar-refractivity contribution in [3.05, 3.63) is 40.5 Å². The zero-order valence-electron chi connectivity index (χ0n) is 6.66. The largest absolute Gasteiger partial charge is 0.236 e. The van der Waals surface area contributed by atoms with Gasteiger partial charge in [0.05, 0.1) is 9.99 Å². The highest BCUT2D eigenvalue weighted by atomic mass is 79.9. The minimum atomic E-state index is 0.429. The summed E-state index contributed by atoms with van der Waals surface area (Å²) in [5.74, 6) is 0. The van der Waals surface area contributed by atoms with Crippen molar-refractivity contribution in [1.82, 2.24) is 4.98 Å². The monoisotopic (exact) mass is 232 g/mol. The minimum absolute atomic E-state index is 0.429. The number of pyridine rings is 1. The summed E-state index contributed by atoms with van der Waals surface area (Å²) in [5, 5.41) is 9.77. The van der Waals surface area contributed by atoms with Gasteiger partial charge in [-0.2, -0.15) is 5.26 Å². The Morgan fingerprint density at radius 3 is 2.85 bits per heavy atom. The number of benzene rings is 1. The molecule has 62 valence electrons. The molecule has 0 radical (unpaired) electrons. The first-order valence-corrected chi connectivity index (χ1v) is 4.56. The van der Waals surface area contributed by atoms with Gasteiger partial charge in [-0.1, -0.05) is 18.2 Å². The first-order valence-electron chi connectivity index (χ1n) is 3.76. The molecule has 1 aromatic carbocycles. The molecule has 0 saturated heterocycles. The molecule has 2 nitrogen and oxygen atoms in total. The summed E-state index contributed by atoms with van der Waals surface area (Å²) in [6.07, 6.45) is 0. The summed E-state index contributed by atoms with van der Waals surface area (Å²) in [6, 6.07) is 11.6. The Bertz CT molecular complexity index is 500. The Balaban J connectivity index is 2.83. The van der Waals surface area contributed by atoms with Crippen molar-refractivity contribution in [3.63, 3.8) is 0 Å². The van der Waals surface area contributed by atoms with Gasteiger partial charge in [-0.05, 0) is 28.1 Å². The lowest BCUT2D eigenvalue weighted by Gasteiger charge is -1.98. The van der Waals surface area contributed by atoms with E-state index in [2.05, 4.69) is 20.9 Å². The Morgan fingerprint density at radius 2 is 2.08 bits per heavy atom. The summed E-state index contributed by atoms with van der Waals surface area (Å²) in [5.41, 5.74) is 1.28. The van der Waals surface area contributed by atoms with E-state index in [1.54, 1.807) is 0 Å². The van der Waals surface area contributed by atoms with Crippen molar-refractivity contribution in [1.29, 1.82) is 5.26 Å². The van der Waals surface area contributed by atoms with Gasteiger partial charge in [-0.25, -0.2) is 4.98 Å². The number of para-hydroxylation sites is 1. The van der Waals surface area contributed by atoms with Crippen LogP contribution in [-0.4, -0.2) is 4.98 Å². The van der Waals surface area contributed by atoms with E-state index in [4.69, 9.17) is 5.26 Å². The molecule has 1 aromatic heterocycles. The van der Waals surface area contributed by atoms with Crippen LogP contribution < -0.4 is 0 Å². The number of nitrogens with zero attached hydrogens (tertiary/aromatic N) is 2. The van der Waals surface area contributed by atoms with Gasteiger partial charge in [0, 0.05) is 5.39 Å². The second-order valence-electron chi connectivity index (χ2n) is 2.62. The molecular weight excluding hydrogens is 228 g/mol. The van der Waals surface area contributed by atoms with Gasteiger partial charge in [-0.3, -0.25) is 0 Å². The third kappa shape index (κ3) is 1.41. The number of hydrogen-bond acceptors (Lipinski definition) is 2. The van der Waals surface area contributed by atoms with Crippen molar-refractivity contribution in [3.8, 4) is 6.07 Å². The fourth-order valence-electron chi connectivity index (χ4n) is 1.17. The topological polar surface area (TPSA) is 36.7 Å². The summed E-state index contributed by atoms with van der Waals surface area (Å²) in [7, 11) is 0. The van der Waals surface area contributed by atoms with Gasteiger partial charge in [0.15, 0.2) is 5.69 Å². The maximum atomic E-state index is 8.74. The van der Waals surface area contributed by atoms with Crippen molar-refractivity contribution in [2.45, 2.75) is 0 Å². The average Bonchev–Trinajstić information content (AvgIpc) is 2.17. The molecule has 0 amide bonds. The number of fused-ring (bicyclic) bond motifs is 1. The standard InChI is InChI=1S/C10H5BrN2/c11-8-5-7-3-1-2-4-9(7)13-10(8)6-12/h1-5H. The first-order chi connectivity index (χ1) is 6.31. The Hall–Kier alpha value is -1.40. The maximum Gasteiger partial charge on any atom is 0.155 e. The molecule has 0 fully saturated rings. The summed E-state index contributed by atoms with van der Waals surface area (Å²) < 4.78 is 0.744. The normalized spacial score (nSPS) is 9.85. The molecule has 0 atom stereocenters. The zero-order valence-corrected chi connectivity index (χ0v) is 8.25. The van der Waals surface area contributed by atoms with Gasteiger partial charge >= 0.3 is 0 Å². The predicted octanol–water partition coefficient (Wildman–Crippen LogP) is 2.87. The lowest BCUT2D eigenvalue weighted by molar-refractivity contribution is 1.30. The average molecular weight is 233 g/mol. The molecule has 0 aliphatic rings. The first kappa shape index (κ1) is 8.21. The lowest BCUT2D eigenvalue weighted by atomic mass is 10.2. The van der Waals surface area contributed by atoms with Gasteiger partial charge in [0.25, 0.3) is 0 Å². The molecule has 0 unspecified atom stereocenters. The van der Waals surface area contributed by atoms with E-state index in [9.17, 15) is 0 Å². The second-order valence-corrected chi connectivity index (χ2v) is 3.48. The quantitative estimate of drug-likeness (QED) is 0.701. The molecule has 2 rings (SSSR count). The molecule has 1 heterocycles. The van der Waals surface area contributed by atoms with Crippen molar-refractivity contribution >= 4 is 26.8 Å². The summed E-state index contributed by atoms with van der Waals surface area (Å²) in [6.45, 7) is 0. The maximum absolute atomic E-state index is 8.74. The molecule has 13 heavy (non-hydrogen) atoms. The van der Waals surface area contributed by atoms with Crippen LogP contribution >= 0.6 is 15.9 Å². The molecular formula is C10H5BrN2. The third-order valence-electron chi connectivity index (χ3n) is 1.78. The Morgan fingerprint density at radius 1 is 1.31 bits per heavy atom. The van der Waals surface area contributed by atoms with Crippen LogP contribution in [0.4, 0.5) is 0 Å². The minimum Gasteiger partial charge on any atom is -0.236 e. The number of halogens is 1. The molecule has 0 aliphatic heterocycles. The molecule has 0 bridgehead atoms. The van der Waals surface area contributed by atoms with Crippen molar-refractivity contribution < 1.29 is 0 Å². The van der Waals surface area contributed by atoms with Crippen LogP contribution in [0, 0.1) is 11.3 Å². The Kier molecular flexibility index (Phi) is 1.99. The third-order valence-corrected chi connectivity index (χ3v) is 2.39. The highest BCUT2D eigenvalue weighted by Gasteiger charge is 2.02. The van der Waals surface area contributed by atoms with E-state index in [1.165, 1.54) is 0 Å². The number of hydrogen-bond donors (Lipinski definition) is 0. The van der Waals surface area contributed by atoms with Gasteiger partial charge in [0.2, 0.25) is 0 Å². The van der Waals surface area contributed by atoms with Gasteiger partial charge in [-0.15, -0.1) is 0 Å². The number of aromatic nitrogens is 1. The molecule has 0 saturated carbocycles. The summed E-state index contributed by atoms with van der Waals surface area (Å²) in [4.78, 5) is 4.19. The van der Waals surface area contributed by atoms with E-state index in [0.29, 0.717) is 5.69 Å². The van der Waals surface area contributed by atoms with Crippen LogP contribution in [0.1, 0.15) is 5.69 Å². The van der Waals surface area contributed by atoms with Gasteiger partial charge in [0.1, 0.15) is 6.07 Å². The number of nitriles is 1. The molecule has 0 aliphatic carbocycles. The molecule has 2 aromatic rings. The Labute approximate surface area is 84.0 Å². The van der Waals surface area contributed by atoms with Crippen molar-refractivity contribution in [2.24, 2.45) is 0 Å². The highest BCUT2D eigenvalue weighted by Crippen LogP contribution is 2.20. The van der Waals surface area contributed by atoms with Gasteiger partial charge < -0.3 is 0 Å². The molecule has 3 heteroatoms. The van der Waals surface area contributed by atoms with Crippen LogP contribution in [0.25, 0.3) is 10.9 Å². The SMILES string of the molecule is N#Cc1nc2ccccc2cc1Br. The second kappa shape index (κ2) is 3.15. The van der Waals surface area contributed by atoms with Crippen LogP contribution in [0.5, 0.6) is 0 Å². The highest BCUT2D eigenvalue weighted by molar-refractivity contribution is 9.10. The fourth-order valence-corrected chi connectivity index (χ4v) is 1.59. The smallest absolute Gasteiger partial charge is 0.155 e. The van der Waals surface area contributed by atoms with E-state index in [0.717, 1.165) is 15.4 Å². The molecule has 0 N–H and O–H groups in total. The van der Waals surface area contributed by atoms with Crippen LogP contribution in [0.2, 0.25) is 0 Å². The van der Waals surface area contributed by atoms with E-state index in [1.807, 2.05) is 36.4 Å². The van der Waals surface area contributed by atoms with Crippen LogP contribution in [-0.2, 0) is 0 Å². The number of rotatable bonds is 0. The van der Waals surface area contributed by atoms with E-state index >= 15 is 0 Å². The van der Waals surface area contributed by atoms with Crippen molar-refractivity contribution in [2.75, 3.05) is 0 Å². The van der Waals surface area contributed by atoms with E-state index in [-0.39, 0.29) is 0 Å². The van der Waals surface area contributed by atoms with E-state index < -0.39 is 0 Å². The fraction of sp³-hybridized carbons (Fsp3) is 0. The zero-order chi connectivity index (χ0) is 9.26. The van der Waals surface area contributed by atoms with Crippen LogP contribution in [0.15, 0.2) is 34.8 Å². The lowest BCUT2D eigenvalue weighted by Crippen LogP contribution is -1.85. The molecule has 0 spiro atoms. The van der Waals surface area contributed by atoms with Crippen LogP contribution in [0.3, 0.4) is 0 Å². The summed E-state index contributed by atoms with van der Waals surface area (Å²) >= 11 is 3.29. The predicted molar refractivity (Wildman–Crippen MR) is 54.2 cm³/mol.